The molecule has 0 radical (unpaired) electrons. The van der Waals surface area contributed by atoms with Crippen LogP contribution in [0.3, 0.4) is 0 Å². The molecule has 0 aromatic carbocycles. The van der Waals surface area contributed by atoms with Gasteiger partial charge in [0.1, 0.15) is 23.2 Å². The molecule has 118 valence electrons. The number of anilines is 1. The van der Waals surface area contributed by atoms with Gasteiger partial charge in [-0.3, -0.25) is 4.79 Å². The van der Waals surface area contributed by atoms with Crippen LogP contribution >= 0.6 is 0 Å². The maximum Gasteiger partial charge on any atom is 0.262 e. The Morgan fingerprint density at radius 2 is 2.17 bits per heavy atom. The SMILES string of the molecule is N#C/C(=C\c1ccc(N2CCCC2)o1)C(=O)NCc1ccco1. The van der Waals surface area contributed by atoms with Gasteiger partial charge in [0, 0.05) is 25.2 Å². The fraction of sp³-hybridized carbons (Fsp3) is 0.294. The molecular weight excluding hydrogens is 294 g/mol. The molecule has 0 aliphatic carbocycles. The average molecular weight is 311 g/mol. The molecule has 6 nitrogen and oxygen atoms in total. The molecular formula is C17H17N3O3. The molecule has 1 N–H and O–H groups in total. The fourth-order valence-electron chi connectivity index (χ4n) is 2.49. The van der Waals surface area contributed by atoms with E-state index in [2.05, 4.69) is 10.2 Å². The van der Waals surface area contributed by atoms with Crippen LogP contribution in [0.2, 0.25) is 0 Å². The van der Waals surface area contributed by atoms with E-state index in [1.54, 1.807) is 18.2 Å². The van der Waals surface area contributed by atoms with Crippen molar-refractivity contribution in [2.45, 2.75) is 19.4 Å². The number of nitriles is 1. The first kappa shape index (κ1) is 15.0. The molecule has 1 aliphatic heterocycles. The van der Waals surface area contributed by atoms with E-state index in [1.807, 2.05) is 12.1 Å². The largest absolute Gasteiger partial charge is 0.467 e. The number of rotatable bonds is 5. The van der Waals surface area contributed by atoms with E-state index in [1.165, 1.54) is 12.3 Å². The van der Waals surface area contributed by atoms with Gasteiger partial charge >= 0.3 is 0 Å². The monoisotopic (exact) mass is 311 g/mol. The van der Waals surface area contributed by atoms with Crippen LogP contribution in [-0.2, 0) is 11.3 Å². The van der Waals surface area contributed by atoms with Gasteiger partial charge in [-0.05, 0) is 31.0 Å². The molecule has 1 fully saturated rings. The van der Waals surface area contributed by atoms with Crippen molar-refractivity contribution in [3.05, 3.63) is 47.6 Å². The number of hydrogen-bond donors (Lipinski definition) is 1. The first-order chi connectivity index (χ1) is 11.3. The van der Waals surface area contributed by atoms with Gasteiger partial charge in [0.05, 0.1) is 12.8 Å². The van der Waals surface area contributed by atoms with Crippen molar-refractivity contribution >= 4 is 17.9 Å². The number of nitrogens with one attached hydrogen (secondary N) is 1. The minimum absolute atomic E-state index is 0.00104. The molecule has 0 unspecified atom stereocenters. The van der Waals surface area contributed by atoms with Crippen LogP contribution in [0, 0.1) is 11.3 Å². The van der Waals surface area contributed by atoms with E-state index >= 15 is 0 Å². The summed E-state index contributed by atoms with van der Waals surface area (Å²) in [4.78, 5) is 14.2. The van der Waals surface area contributed by atoms with Gasteiger partial charge in [-0.2, -0.15) is 5.26 Å². The number of furan rings is 2. The van der Waals surface area contributed by atoms with Gasteiger partial charge < -0.3 is 19.1 Å². The van der Waals surface area contributed by atoms with Crippen LogP contribution in [0.1, 0.15) is 24.4 Å². The number of hydrogen-bond acceptors (Lipinski definition) is 5. The Balaban J connectivity index is 1.66. The lowest BCUT2D eigenvalue weighted by atomic mass is 10.2. The summed E-state index contributed by atoms with van der Waals surface area (Å²) >= 11 is 0. The van der Waals surface area contributed by atoms with Crippen LogP contribution in [-0.4, -0.2) is 19.0 Å². The Morgan fingerprint density at radius 1 is 1.35 bits per heavy atom. The second-order valence-corrected chi connectivity index (χ2v) is 5.30. The van der Waals surface area contributed by atoms with Crippen LogP contribution < -0.4 is 10.2 Å². The summed E-state index contributed by atoms with van der Waals surface area (Å²) in [6.45, 7) is 2.19. The van der Waals surface area contributed by atoms with Gasteiger partial charge in [0.25, 0.3) is 5.91 Å². The molecule has 1 saturated heterocycles. The van der Waals surface area contributed by atoms with Crippen molar-refractivity contribution in [2.75, 3.05) is 18.0 Å². The summed E-state index contributed by atoms with van der Waals surface area (Å²) in [5, 5.41) is 11.8. The zero-order chi connectivity index (χ0) is 16.1. The third-order valence-electron chi connectivity index (χ3n) is 3.69. The Labute approximate surface area is 134 Å². The lowest BCUT2D eigenvalue weighted by molar-refractivity contribution is -0.117. The molecule has 1 aliphatic rings. The Kier molecular flexibility index (Phi) is 4.48. The average Bonchev–Trinajstić information content (AvgIpc) is 3.32. The summed E-state index contributed by atoms with van der Waals surface area (Å²) in [5.74, 6) is 1.45. The lowest BCUT2D eigenvalue weighted by Crippen LogP contribution is -2.23. The second-order valence-electron chi connectivity index (χ2n) is 5.30. The maximum absolute atomic E-state index is 12.0. The molecule has 1 amide bonds. The van der Waals surface area contributed by atoms with Crippen molar-refractivity contribution in [1.82, 2.24) is 5.32 Å². The van der Waals surface area contributed by atoms with Crippen molar-refractivity contribution in [1.29, 1.82) is 5.26 Å². The molecule has 3 rings (SSSR count). The van der Waals surface area contributed by atoms with Gasteiger partial charge in [-0.15, -0.1) is 0 Å². The molecule has 0 bridgehead atoms. The number of carbonyl (C=O) groups excluding carboxylic acids is 1. The minimum Gasteiger partial charge on any atom is -0.467 e. The second kappa shape index (κ2) is 6.88. The fourth-order valence-corrected chi connectivity index (χ4v) is 2.49. The third-order valence-corrected chi connectivity index (χ3v) is 3.69. The highest BCUT2D eigenvalue weighted by Crippen LogP contribution is 2.24. The molecule has 6 heteroatoms. The highest BCUT2D eigenvalue weighted by Gasteiger charge is 2.16. The summed E-state index contributed by atoms with van der Waals surface area (Å²) < 4.78 is 10.8. The van der Waals surface area contributed by atoms with Gasteiger partial charge in [0.2, 0.25) is 0 Å². The highest BCUT2D eigenvalue weighted by atomic mass is 16.4. The van der Waals surface area contributed by atoms with E-state index in [0.717, 1.165) is 31.8 Å². The smallest absolute Gasteiger partial charge is 0.262 e. The summed E-state index contributed by atoms with van der Waals surface area (Å²) in [7, 11) is 0. The van der Waals surface area contributed by atoms with Gasteiger partial charge in [-0.25, -0.2) is 0 Å². The Bertz CT molecular complexity index is 731. The lowest BCUT2D eigenvalue weighted by Gasteiger charge is -2.12. The van der Waals surface area contributed by atoms with Crippen molar-refractivity contribution in [3.63, 3.8) is 0 Å². The van der Waals surface area contributed by atoms with Crippen LogP contribution in [0.4, 0.5) is 5.88 Å². The van der Waals surface area contributed by atoms with E-state index in [-0.39, 0.29) is 12.1 Å². The number of nitrogens with zero attached hydrogens (tertiary/aromatic N) is 2. The van der Waals surface area contributed by atoms with Gasteiger partial charge in [0.15, 0.2) is 5.88 Å². The molecule has 23 heavy (non-hydrogen) atoms. The first-order valence-electron chi connectivity index (χ1n) is 7.53. The standard InChI is InChI=1S/C17H17N3O3/c18-11-13(17(21)19-12-15-4-3-9-22-15)10-14-5-6-16(23-14)20-7-1-2-8-20/h3-6,9-10H,1-2,7-8,12H2,(H,19,21)/b13-10+. The first-order valence-corrected chi connectivity index (χ1v) is 7.53. The van der Waals surface area contributed by atoms with E-state index < -0.39 is 5.91 Å². The van der Waals surface area contributed by atoms with Crippen LogP contribution in [0.25, 0.3) is 6.08 Å². The van der Waals surface area contributed by atoms with E-state index in [0.29, 0.717) is 11.5 Å². The van der Waals surface area contributed by atoms with Crippen LogP contribution in [0.15, 0.2) is 44.9 Å². The highest BCUT2D eigenvalue weighted by molar-refractivity contribution is 6.01. The Hall–Kier alpha value is -2.94. The van der Waals surface area contributed by atoms with E-state index in [9.17, 15) is 10.1 Å². The third kappa shape index (κ3) is 3.64. The predicted octanol–water partition coefficient (Wildman–Crippen LogP) is 2.70. The summed E-state index contributed by atoms with van der Waals surface area (Å²) in [6.07, 6.45) is 5.30. The molecule has 0 saturated carbocycles. The normalized spacial score (nSPS) is 14.7. The molecule has 2 aromatic heterocycles. The predicted molar refractivity (Wildman–Crippen MR) is 84.3 cm³/mol. The maximum atomic E-state index is 12.0. The van der Waals surface area contributed by atoms with E-state index in [4.69, 9.17) is 8.83 Å². The topological polar surface area (TPSA) is 82.4 Å². The minimum atomic E-state index is -0.456. The zero-order valence-corrected chi connectivity index (χ0v) is 12.6. The molecule has 0 atom stereocenters. The number of carbonyl (C=O) groups is 1. The summed E-state index contributed by atoms with van der Waals surface area (Å²) in [5.41, 5.74) is -0.00104. The van der Waals surface area contributed by atoms with Crippen molar-refractivity contribution in [3.8, 4) is 6.07 Å². The van der Waals surface area contributed by atoms with Crippen molar-refractivity contribution in [2.24, 2.45) is 0 Å². The van der Waals surface area contributed by atoms with Crippen LogP contribution in [0.5, 0.6) is 0 Å². The van der Waals surface area contributed by atoms with Crippen molar-refractivity contribution < 1.29 is 13.6 Å². The zero-order valence-electron chi connectivity index (χ0n) is 12.6. The molecule has 2 aromatic rings. The molecule has 0 spiro atoms. The number of amides is 1. The summed E-state index contributed by atoms with van der Waals surface area (Å²) in [6, 6.07) is 9.04. The molecule has 3 heterocycles. The van der Waals surface area contributed by atoms with Gasteiger partial charge in [-0.1, -0.05) is 0 Å². The quantitative estimate of drug-likeness (QED) is 0.678. The Morgan fingerprint density at radius 3 is 2.87 bits per heavy atom.